The zero-order chi connectivity index (χ0) is 8.10. The maximum atomic E-state index is 10.5. The third-order valence-electron chi connectivity index (χ3n) is 1.15. The number of methoxy groups -OCH3 is 1. The molecule has 0 atom stereocenters. The number of ether oxygens (including phenoxy) is 2. The smallest absolute Gasteiger partial charge is 0.343 e. The van der Waals surface area contributed by atoms with Gasteiger partial charge in [0.05, 0.1) is 7.11 Å². The maximum Gasteiger partial charge on any atom is 0.343 e. The monoisotopic (exact) mass is 155 g/mol. The van der Waals surface area contributed by atoms with Crippen LogP contribution in [0.1, 0.15) is 0 Å². The zero-order valence-corrected chi connectivity index (χ0v) is 6.16. The van der Waals surface area contributed by atoms with Crippen molar-refractivity contribution in [3.05, 3.63) is 18.5 Å². The van der Waals surface area contributed by atoms with Crippen LogP contribution in [-0.4, -0.2) is 24.7 Å². The minimum absolute atomic E-state index is 0.0473. The molecule has 0 radical (unpaired) electrons. The number of nitrogens with one attached hydrogen (secondary N) is 1. The molecule has 1 heterocycles. The highest BCUT2D eigenvalue weighted by Crippen LogP contribution is 2.06. The Morgan fingerprint density at radius 3 is 3.09 bits per heavy atom. The van der Waals surface area contributed by atoms with Crippen LogP contribution < -0.4 is 4.74 Å². The SMILES string of the molecule is COC(=O)COc1cc[nH]c1. The van der Waals surface area contributed by atoms with Crippen LogP contribution in [0.25, 0.3) is 0 Å². The van der Waals surface area contributed by atoms with Crippen LogP contribution in [0.3, 0.4) is 0 Å². The number of hydrogen-bond donors (Lipinski definition) is 1. The fraction of sp³-hybridized carbons (Fsp3) is 0.286. The lowest BCUT2D eigenvalue weighted by atomic mass is 10.6. The summed E-state index contributed by atoms with van der Waals surface area (Å²) in [5.41, 5.74) is 0. The lowest BCUT2D eigenvalue weighted by Crippen LogP contribution is -2.12. The largest absolute Gasteiger partial charge is 0.480 e. The third-order valence-corrected chi connectivity index (χ3v) is 1.15. The number of hydrogen-bond acceptors (Lipinski definition) is 3. The number of carbonyl (C=O) groups is 1. The van der Waals surface area contributed by atoms with E-state index in [0.717, 1.165) is 0 Å². The van der Waals surface area contributed by atoms with Gasteiger partial charge in [-0.1, -0.05) is 0 Å². The average molecular weight is 155 g/mol. The molecule has 0 saturated carbocycles. The molecule has 0 aromatic carbocycles. The molecule has 0 fully saturated rings. The Bertz CT molecular complexity index is 218. The van der Waals surface area contributed by atoms with Crippen LogP contribution in [0.2, 0.25) is 0 Å². The first kappa shape index (κ1) is 7.65. The topological polar surface area (TPSA) is 51.3 Å². The first-order chi connectivity index (χ1) is 5.33. The van der Waals surface area contributed by atoms with Crippen molar-refractivity contribution in [3.8, 4) is 5.75 Å². The normalized spacial score (nSPS) is 9.18. The highest BCUT2D eigenvalue weighted by atomic mass is 16.6. The summed E-state index contributed by atoms with van der Waals surface area (Å²) < 4.78 is 9.37. The maximum absolute atomic E-state index is 10.5. The Hall–Kier alpha value is -1.45. The molecule has 4 nitrogen and oxygen atoms in total. The molecule has 0 aliphatic carbocycles. The summed E-state index contributed by atoms with van der Waals surface area (Å²) in [7, 11) is 1.32. The Morgan fingerprint density at radius 2 is 2.55 bits per heavy atom. The van der Waals surface area contributed by atoms with Crippen molar-refractivity contribution in [2.24, 2.45) is 0 Å². The Labute approximate surface area is 64.1 Å². The van der Waals surface area contributed by atoms with Crippen LogP contribution in [0.4, 0.5) is 0 Å². The van der Waals surface area contributed by atoms with E-state index in [2.05, 4.69) is 9.72 Å². The van der Waals surface area contributed by atoms with E-state index in [0.29, 0.717) is 5.75 Å². The highest BCUT2D eigenvalue weighted by molar-refractivity contribution is 5.70. The van der Waals surface area contributed by atoms with Gasteiger partial charge in [0.2, 0.25) is 0 Å². The first-order valence-electron chi connectivity index (χ1n) is 3.15. The minimum atomic E-state index is -0.383. The second-order valence-corrected chi connectivity index (χ2v) is 1.91. The van der Waals surface area contributed by atoms with Gasteiger partial charge in [-0.2, -0.15) is 0 Å². The molecule has 0 bridgehead atoms. The summed E-state index contributed by atoms with van der Waals surface area (Å²) in [6.07, 6.45) is 3.37. The van der Waals surface area contributed by atoms with Crippen molar-refractivity contribution in [2.45, 2.75) is 0 Å². The standard InChI is InChI=1S/C7H9NO3/c1-10-7(9)5-11-6-2-3-8-4-6/h2-4,8H,5H2,1H3. The van der Waals surface area contributed by atoms with Crippen molar-refractivity contribution in [1.29, 1.82) is 0 Å². The van der Waals surface area contributed by atoms with Gasteiger partial charge in [-0.05, 0) is 6.07 Å². The van der Waals surface area contributed by atoms with Crippen LogP contribution in [0.5, 0.6) is 5.75 Å². The Kier molecular flexibility index (Phi) is 2.54. The molecule has 1 N–H and O–H groups in total. The molecule has 1 aromatic heterocycles. The number of rotatable bonds is 3. The fourth-order valence-corrected chi connectivity index (χ4v) is 0.600. The fourth-order valence-electron chi connectivity index (χ4n) is 0.600. The summed E-state index contributed by atoms with van der Waals surface area (Å²) in [5, 5.41) is 0. The molecule has 0 spiro atoms. The highest BCUT2D eigenvalue weighted by Gasteiger charge is 2.00. The lowest BCUT2D eigenvalue weighted by molar-refractivity contribution is -0.142. The summed E-state index contributed by atoms with van der Waals surface area (Å²) in [6, 6.07) is 1.73. The van der Waals surface area contributed by atoms with Crippen LogP contribution >= 0.6 is 0 Å². The van der Waals surface area contributed by atoms with Crippen molar-refractivity contribution < 1.29 is 14.3 Å². The second-order valence-electron chi connectivity index (χ2n) is 1.91. The number of esters is 1. The van der Waals surface area contributed by atoms with E-state index in [-0.39, 0.29) is 12.6 Å². The zero-order valence-electron chi connectivity index (χ0n) is 6.16. The number of aromatic nitrogens is 1. The predicted molar refractivity (Wildman–Crippen MR) is 38.3 cm³/mol. The molecular formula is C7H9NO3. The first-order valence-corrected chi connectivity index (χ1v) is 3.15. The van der Waals surface area contributed by atoms with Crippen molar-refractivity contribution in [3.63, 3.8) is 0 Å². The molecule has 1 rings (SSSR count). The molecule has 0 aliphatic heterocycles. The molecule has 0 saturated heterocycles. The minimum Gasteiger partial charge on any atom is -0.480 e. The van der Waals surface area contributed by atoms with Gasteiger partial charge in [0.25, 0.3) is 0 Å². The molecule has 0 aliphatic rings. The van der Waals surface area contributed by atoms with E-state index in [1.807, 2.05) is 0 Å². The molecule has 60 valence electrons. The van der Waals surface area contributed by atoms with E-state index in [9.17, 15) is 4.79 Å². The predicted octanol–water partition coefficient (Wildman–Crippen LogP) is 0.567. The quantitative estimate of drug-likeness (QED) is 0.649. The van der Waals surface area contributed by atoms with E-state index in [1.165, 1.54) is 7.11 Å². The van der Waals surface area contributed by atoms with Crippen molar-refractivity contribution >= 4 is 5.97 Å². The van der Waals surface area contributed by atoms with Crippen LogP contribution in [0.15, 0.2) is 18.5 Å². The van der Waals surface area contributed by atoms with Gasteiger partial charge >= 0.3 is 5.97 Å². The second kappa shape index (κ2) is 3.65. The van der Waals surface area contributed by atoms with Crippen molar-refractivity contribution in [2.75, 3.05) is 13.7 Å². The van der Waals surface area contributed by atoms with E-state index < -0.39 is 0 Å². The Balaban J connectivity index is 2.29. The van der Waals surface area contributed by atoms with Gasteiger partial charge in [0.15, 0.2) is 6.61 Å². The molecule has 11 heavy (non-hydrogen) atoms. The van der Waals surface area contributed by atoms with Gasteiger partial charge in [0, 0.05) is 12.4 Å². The molecule has 0 amide bonds. The van der Waals surface area contributed by atoms with E-state index >= 15 is 0 Å². The molecular weight excluding hydrogens is 146 g/mol. The van der Waals surface area contributed by atoms with Gasteiger partial charge in [0.1, 0.15) is 5.75 Å². The summed E-state index contributed by atoms with van der Waals surface area (Å²) in [6.45, 7) is -0.0473. The van der Waals surface area contributed by atoms with Gasteiger partial charge in [-0.15, -0.1) is 0 Å². The van der Waals surface area contributed by atoms with E-state index in [4.69, 9.17) is 4.74 Å². The van der Waals surface area contributed by atoms with Gasteiger partial charge in [-0.3, -0.25) is 0 Å². The molecule has 1 aromatic rings. The number of aromatic amines is 1. The lowest BCUT2D eigenvalue weighted by Gasteiger charge is -1.99. The van der Waals surface area contributed by atoms with E-state index in [1.54, 1.807) is 18.5 Å². The summed E-state index contributed by atoms with van der Waals surface area (Å²) in [4.78, 5) is 13.3. The van der Waals surface area contributed by atoms with Gasteiger partial charge in [-0.25, -0.2) is 4.79 Å². The number of carbonyl (C=O) groups excluding carboxylic acids is 1. The number of H-pyrrole nitrogens is 1. The van der Waals surface area contributed by atoms with Crippen LogP contribution in [0, 0.1) is 0 Å². The van der Waals surface area contributed by atoms with Crippen molar-refractivity contribution in [1.82, 2.24) is 4.98 Å². The Morgan fingerprint density at radius 1 is 1.73 bits per heavy atom. The van der Waals surface area contributed by atoms with Gasteiger partial charge < -0.3 is 14.5 Å². The molecule has 4 heteroatoms. The third kappa shape index (κ3) is 2.33. The summed E-state index contributed by atoms with van der Waals surface area (Å²) >= 11 is 0. The van der Waals surface area contributed by atoms with Crippen LogP contribution in [-0.2, 0) is 9.53 Å². The molecule has 0 unspecified atom stereocenters. The average Bonchev–Trinajstić information content (AvgIpc) is 2.52. The summed E-state index contributed by atoms with van der Waals surface area (Å²) in [5.74, 6) is 0.251.